The quantitative estimate of drug-likeness (QED) is 0.183. The van der Waals surface area contributed by atoms with Crippen LogP contribution in [0.15, 0.2) is 36.8 Å². The van der Waals surface area contributed by atoms with Crippen LogP contribution in [0.3, 0.4) is 0 Å². The number of nitrogens with one attached hydrogen (secondary N) is 3. The third-order valence-corrected chi connectivity index (χ3v) is 4.91. The van der Waals surface area contributed by atoms with Gasteiger partial charge in [0.1, 0.15) is 0 Å². The average Bonchev–Trinajstić information content (AvgIpc) is 2.74. The predicted molar refractivity (Wildman–Crippen MR) is 196 cm³/mol. The van der Waals surface area contributed by atoms with Crippen LogP contribution in [0.25, 0.3) is 0 Å². The zero-order valence-electron chi connectivity index (χ0n) is 31.6. The van der Waals surface area contributed by atoms with Gasteiger partial charge in [-0.15, -0.1) is 0 Å². The van der Waals surface area contributed by atoms with Crippen molar-refractivity contribution in [2.45, 2.75) is 179 Å². The topological polar surface area (TPSA) is 45.3 Å². The van der Waals surface area contributed by atoms with Crippen LogP contribution in [-0.4, -0.2) is 40.8 Å². The molecule has 3 N–H and O–H groups in total. The van der Waals surface area contributed by atoms with Crippen molar-refractivity contribution in [2.24, 2.45) is 17.8 Å². The molecule has 0 fully saturated rings. The molecule has 250 valence electrons. The van der Waals surface area contributed by atoms with Crippen molar-refractivity contribution in [3.8, 4) is 0 Å². The van der Waals surface area contributed by atoms with Crippen LogP contribution in [0.5, 0.6) is 0 Å². The van der Waals surface area contributed by atoms with Gasteiger partial charge in [-0.2, -0.15) is 11.8 Å². The van der Waals surface area contributed by atoms with Crippen LogP contribution in [0.1, 0.15) is 138 Å². The van der Waals surface area contributed by atoms with Crippen molar-refractivity contribution >= 4 is 11.8 Å². The molecule has 0 rings (SSSR count). The van der Waals surface area contributed by atoms with Gasteiger partial charge in [-0.3, -0.25) is 0 Å². The van der Waals surface area contributed by atoms with Crippen molar-refractivity contribution in [2.75, 3.05) is 0 Å². The van der Waals surface area contributed by atoms with Crippen molar-refractivity contribution < 1.29 is 4.74 Å². The smallest absolute Gasteiger partial charge is 0.0522 e. The Balaban J connectivity index is -0.000000133. The van der Waals surface area contributed by atoms with Gasteiger partial charge in [-0.1, -0.05) is 87.5 Å². The minimum absolute atomic E-state index is 0.375. The molecule has 0 unspecified atom stereocenters. The second-order valence-corrected chi connectivity index (χ2v) is 15.4. The summed E-state index contributed by atoms with van der Waals surface area (Å²) in [5.74, 6) is 2.06. The number of hydrogen-bond acceptors (Lipinski definition) is 5. The van der Waals surface area contributed by atoms with Crippen molar-refractivity contribution in [3.05, 3.63) is 36.8 Å². The largest absolute Gasteiger partial charge is 0.389 e. The molecule has 4 nitrogen and oxygen atoms in total. The highest BCUT2D eigenvalue weighted by Crippen LogP contribution is 2.14. The Morgan fingerprint density at radius 2 is 0.659 bits per heavy atom. The van der Waals surface area contributed by atoms with Gasteiger partial charge >= 0.3 is 0 Å². The van der Waals surface area contributed by atoms with Gasteiger partial charge in [0.25, 0.3) is 0 Å². The summed E-state index contributed by atoms with van der Waals surface area (Å²) in [7, 11) is 0. The first kappa shape index (κ1) is 49.6. The van der Waals surface area contributed by atoms with Gasteiger partial charge < -0.3 is 20.7 Å². The maximum absolute atomic E-state index is 5.25. The van der Waals surface area contributed by atoms with Crippen LogP contribution < -0.4 is 16.0 Å². The molecule has 0 aromatic carbocycles. The van der Waals surface area contributed by atoms with Crippen molar-refractivity contribution in [3.63, 3.8) is 0 Å². The Morgan fingerprint density at radius 3 is 0.805 bits per heavy atom. The molecule has 0 radical (unpaired) electrons. The Bertz CT molecular complexity index is 513. The maximum atomic E-state index is 5.25. The van der Waals surface area contributed by atoms with E-state index in [0.717, 1.165) is 10.5 Å². The zero-order valence-corrected chi connectivity index (χ0v) is 32.4. The maximum Gasteiger partial charge on any atom is 0.0522 e. The molecule has 0 saturated carbocycles. The van der Waals surface area contributed by atoms with E-state index >= 15 is 0 Å². The summed E-state index contributed by atoms with van der Waals surface area (Å²) in [4.78, 5) is 0. The zero-order chi connectivity index (χ0) is 33.6. The molecular weight excluding hydrogens is 522 g/mol. The monoisotopic (exact) mass is 602 g/mol. The number of ether oxygens (including phenoxy) is 1. The second-order valence-electron chi connectivity index (χ2n) is 13.2. The molecule has 0 aliphatic rings. The Hall–Kier alpha value is -1.07. The molecule has 0 aromatic heterocycles. The average molecular weight is 602 g/mol. The molecular formula is C36H79N3OS. The number of hydrogen-bond donors (Lipinski definition) is 3. The molecule has 0 aliphatic carbocycles. The highest BCUT2D eigenvalue weighted by Gasteiger charge is 1.96. The summed E-state index contributed by atoms with van der Waals surface area (Å²) < 4.78 is 5.25. The lowest BCUT2D eigenvalue weighted by molar-refractivity contribution is 0.0300. The van der Waals surface area contributed by atoms with E-state index in [0.29, 0.717) is 48.1 Å². The summed E-state index contributed by atoms with van der Waals surface area (Å²) in [6.45, 7) is 42.9. The van der Waals surface area contributed by atoms with Crippen LogP contribution in [0.4, 0.5) is 0 Å². The summed E-state index contributed by atoms with van der Waals surface area (Å²) in [5.41, 5.74) is 0. The van der Waals surface area contributed by atoms with Crippen molar-refractivity contribution in [1.29, 1.82) is 0 Å². The molecule has 0 spiro atoms. The van der Waals surface area contributed by atoms with Gasteiger partial charge in [-0.05, 0) is 104 Å². The van der Waals surface area contributed by atoms with Gasteiger partial charge in [0, 0.05) is 30.5 Å². The first-order chi connectivity index (χ1) is 18.6. The van der Waals surface area contributed by atoms with E-state index in [4.69, 9.17) is 4.74 Å². The number of rotatable bonds is 13. The van der Waals surface area contributed by atoms with Crippen LogP contribution >= 0.6 is 11.8 Å². The lowest BCUT2D eigenvalue weighted by Crippen LogP contribution is -2.20. The first-order valence-corrected chi connectivity index (χ1v) is 17.2. The normalized spacial score (nSPS) is 11.6. The van der Waals surface area contributed by atoms with E-state index in [1.54, 1.807) is 0 Å². The Labute approximate surface area is 265 Å². The standard InChI is InChI=1S/C8H18N2.C8H17N.C8H16.C6H14O.C6H14S/c1-7(2)9-5-6-10-8(3)4;1-7(2)5-6-9-8(3)4;1-7(2)5-6-8(3)4;2*1-5(2)7-6(3)4/h5-10H,1-4H3;5-9H,1-4H3;5-8H,1-4H3;2*5-6H,1-4H3. The lowest BCUT2D eigenvalue weighted by atomic mass is 10.1. The van der Waals surface area contributed by atoms with Crippen LogP contribution in [0.2, 0.25) is 0 Å². The van der Waals surface area contributed by atoms with Crippen LogP contribution in [-0.2, 0) is 4.74 Å². The highest BCUT2D eigenvalue weighted by molar-refractivity contribution is 8.00. The fourth-order valence-corrected chi connectivity index (χ4v) is 3.54. The number of allylic oxidation sites excluding steroid dienone is 3. The molecule has 0 amide bonds. The SMILES string of the molecule is CC(C)C=CC(C)C.CC(C)C=CNC(C)C.CC(C)NC=CNC(C)C.CC(C)OC(C)C.CC(C)SC(C)C. The fourth-order valence-electron chi connectivity index (χ4n) is 2.45. The van der Waals surface area contributed by atoms with E-state index in [1.807, 2.05) is 58.1 Å². The minimum atomic E-state index is 0.375. The van der Waals surface area contributed by atoms with Gasteiger partial charge in [-0.25, -0.2) is 0 Å². The van der Waals surface area contributed by atoms with E-state index < -0.39 is 0 Å². The van der Waals surface area contributed by atoms with Crippen LogP contribution in [0, 0.1) is 17.8 Å². The molecule has 0 heterocycles. The Morgan fingerprint density at radius 1 is 0.390 bits per heavy atom. The molecule has 0 atom stereocenters. The summed E-state index contributed by atoms with van der Waals surface area (Å²) in [6.07, 6.45) is 13.3. The molecule has 0 aromatic rings. The summed E-state index contributed by atoms with van der Waals surface area (Å²) >= 11 is 2.01. The predicted octanol–water partition coefficient (Wildman–Crippen LogP) is 10.8. The summed E-state index contributed by atoms with van der Waals surface area (Å²) in [5, 5.41) is 11.1. The van der Waals surface area contributed by atoms with E-state index in [-0.39, 0.29) is 0 Å². The summed E-state index contributed by atoms with van der Waals surface area (Å²) in [6, 6.07) is 1.59. The van der Waals surface area contributed by atoms with Gasteiger partial charge in [0.2, 0.25) is 0 Å². The molecule has 5 heteroatoms. The Kier molecular flexibility index (Phi) is 42.5. The van der Waals surface area contributed by atoms with Gasteiger partial charge in [0.15, 0.2) is 0 Å². The third-order valence-electron chi connectivity index (χ3n) is 3.82. The molecule has 0 aliphatic heterocycles. The molecule has 0 saturated heterocycles. The minimum Gasteiger partial charge on any atom is -0.389 e. The van der Waals surface area contributed by atoms with E-state index in [9.17, 15) is 0 Å². The third kappa shape index (κ3) is 85.4. The molecule has 41 heavy (non-hydrogen) atoms. The van der Waals surface area contributed by atoms with Gasteiger partial charge in [0.05, 0.1) is 12.2 Å². The fraction of sp³-hybridized carbons (Fsp3) is 0.833. The lowest BCUT2D eigenvalue weighted by Gasteiger charge is -2.09. The first-order valence-electron chi connectivity index (χ1n) is 16.2. The second kappa shape index (κ2) is 35.1. The number of thioether (sulfide) groups is 1. The van der Waals surface area contributed by atoms with E-state index in [2.05, 4.69) is 145 Å². The molecule has 0 bridgehead atoms. The van der Waals surface area contributed by atoms with Crippen molar-refractivity contribution in [1.82, 2.24) is 16.0 Å². The van der Waals surface area contributed by atoms with E-state index in [1.165, 1.54) is 0 Å². The highest BCUT2D eigenvalue weighted by atomic mass is 32.2.